The van der Waals surface area contributed by atoms with E-state index >= 15 is 0 Å². The predicted octanol–water partition coefficient (Wildman–Crippen LogP) is 6.11. The topological polar surface area (TPSA) is 59.8 Å². The summed E-state index contributed by atoms with van der Waals surface area (Å²) in [5.74, 6) is 0.195. The molecule has 30 heavy (non-hydrogen) atoms. The molecule has 1 heterocycles. The summed E-state index contributed by atoms with van der Waals surface area (Å²) in [5.41, 5.74) is 4.29. The molecular weight excluding hydrogens is 419 g/mol. The number of amides is 1. The molecule has 0 atom stereocenters. The van der Waals surface area contributed by atoms with Crippen molar-refractivity contribution >= 4 is 34.8 Å². The van der Waals surface area contributed by atoms with E-state index in [9.17, 15) is 4.79 Å². The van der Waals surface area contributed by atoms with Gasteiger partial charge in [0, 0.05) is 11.3 Å². The molecule has 0 saturated carbocycles. The van der Waals surface area contributed by atoms with E-state index in [1.54, 1.807) is 22.9 Å². The van der Waals surface area contributed by atoms with Crippen LogP contribution in [0, 0.1) is 13.8 Å². The summed E-state index contributed by atoms with van der Waals surface area (Å²) in [5, 5.41) is 8.21. The minimum absolute atomic E-state index is 0.0563. The van der Waals surface area contributed by atoms with Crippen molar-refractivity contribution in [1.29, 1.82) is 0 Å². The number of hydrogen-bond donors (Lipinski definition) is 1. The van der Waals surface area contributed by atoms with E-state index in [4.69, 9.17) is 23.2 Å². The zero-order valence-electron chi connectivity index (χ0n) is 16.4. The van der Waals surface area contributed by atoms with Crippen molar-refractivity contribution in [1.82, 2.24) is 14.8 Å². The van der Waals surface area contributed by atoms with Gasteiger partial charge in [-0.2, -0.15) is 0 Å². The highest BCUT2D eigenvalue weighted by Gasteiger charge is 2.20. The molecule has 0 saturated heterocycles. The maximum absolute atomic E-state index is 12.9. The SMILES string of the molecule is Cc1cccc(NC(=O)c2nc(-c3ccccc3)n(-c3ccc(Cl)c(Cl)c3)n2)c1C. The highest BCUT2D eigenvalue weighted by Crippen LogP contribution is 2.27. The van der Waals surface area contributed by atoms with Crippen LogP contribution in [0.15, 0.2) is 66.7 Å². The smallest absolute Gasteiger partial charge is 0.295 e. The highest BCUT2D eigenvalue weighted by atomic mass is 35.5. The third kappa shape index (κ3) is 3.95. The molecule has 150 valence electrons. The standard InChI is InChI=1S/C23H18Cl2N4O/c1-14-7-6-10-20(15(14)2)26-23(30)21-27-22(16-8-4-3-5-9-16)29(28-21)17-11-12-18(24)19(25)13-17/h3-13H,1-2H3,(H,26,30). The van der Waals surface area contributed by atoms with Crippen molar-refractivity contribution in [2.24, 2.45) is 0 Å². The Kier molecular flexibility index (Phi) is 5.57. The number of benzene rings is 3. The first kappa shape index (κ1) is 20.1. The lowest BCUT2D eigenvalue weighted by atomic mass is 10.1. The van der Waals surface area contributed by atoms with Crippen LogP contribution in [0.1, 0.15) is 21.7 Å². The number of aryl methyl sites for hydroxylation is 1. The summed E-state index contributed by atoms with van der Waals surface area (Å²) in [6.45, 7) is 3.96. The summed E-state index contributed by atoms with van der Waals surface area (Å²) in [4.78, 5) is 17.5. The van der Waals surface area contributed by atoms with Crippen molar-refractivity contribution in [3.8, 4) is 17.1 Å². The van der Waals surface area contributed by atoms with Crippen LogP contribution in [0.5, 0.6) is 0 Å². The predicted molar refractivity (Wildman–Crippen MR) is 121 cm³/mol. The lowest BCUT2D eigenvalue weighted by Crippen LogP contribution is -2.15. The summed E-state index contributed by atoms with van der Waals surface area (Å²) < 4.78 is 1.59. The van der Waals surface area contributed by atoms with Crippen LogP contribution in [0.4, 0.5) is 5.69 Å². The number of anilines is 1. The maximum atomic E-state index is 12.9. The fraction of sp³-hybridized carbons (Fsp3) is 0.0870. The van der Waals surface area contributed by atoms with Gasteiger partial charge in [0.25, 0.3) is 5.91 Å². The van der Waals surface area contributed by atoms with E-state index in [2.05, 4.69) is 15.4 Å². The van der Waals surface area contributed by atoms with Gasteiger partial charge >= 0.3 is 0 Å². The van der Waals surface area contributed by atoms with Crippen molar-refractivity contribution < 1.29 is 4.79 Å². The number of aromatic nitrogens is 3. The Labute approximate surface area is 184 Å². The number of halogens is 2. The van der Waals surface area contributed by atoms with Crippen LogP contribution in [0.3, 0.4) is 0 Å². The number of carbonyl (C=O) groups excluding carboxylic acids is 1. The van der Waals surface area contributed by atoms with Crippen LogP contribution in [-0.2, 0) is 0 Å². The first-order chi connectivity index (χ1) is 14.4. The van der Waals surface area contributed by atoms with Crippen molar-refractivity contribution in [3.63, 3.8) is 0 Å². The third-order valence-electron chi connectivity index (χ3n) is 4.84. The van der Waals surface area contributed by atoms with E-state index in [0.29, 0.717) is 21.6 Å². The van der Waals surface area contributed by atoms with E-state index in [1.807, 2.05) is 62.4 Å². The molecule has 0 radical (unpaired) electrons. The van der Waals surface area contributed by atoms with Gasteiger partial charge in [0.15, 0.2) is 5.82 Å². The van der Waals surface area contributed by atoms with Gasteiger partial charge in [-0.05, 0) is 49.2 Å². The summed E-state index contributed by atoms with van der Waals surface area (Å²) in [6, 6.07) is 20.4. The van der Waals surface area contributed by atoms with Gasteiger partial charge in [0.2, 0.25) is 5.82 Å². The molecule has 3 aromatic carbocycles. The van der Waals surface area contributed by atoms with Crippen LogP contribution in [0.25, 0.3) is 17.1 Å². The highest BCUT2D eigenvalue weighted by molar-refractivity contribution is 6.42. The second-order valence-corrected chi connectivity index (χ2v) is 7.65. The van der Waals surface area contributed by atoms with Gasteiger partial charge in [0.1, 0.15) is 0 Å². The zero-order valence-corrected chi connectivity index (χ0v) is 17.9. The Bertz CT molecular complexity index is 1240. The molecule has 4 aromatic rings. The van der Waals surface area contributed by atoms with Gasteiger partial charge < -0.3 is 5.32 Å². The number of nitrogens with zero attached hydrogens (tertiary/aromatic N) is 3. The lowest BCUT2D eigenvalue weighted by molar-refractivity contribution is 0.101. The molecule has 1 amide bonds. The lowest BCUT2D eigenvalue weighted by Gasteiger charge is -2.08. The minimum Gasteiger partial charge on any atom is -0.319 e. The number of nitrogens with one attached hydrogen (secondary N) is 1. The van der Waals surface area contributed by atoms with Crippen molar-refractivity contribution in [2.75, 3.05) is 5.32 Å². The molecule has 0 bridgehead atoms. The van der Waals surface area contributed by atoms with Crippen LogP contribution >= 0.6 is 23.2 Å². The minimum atomic E-state index is -0.389. The van der Waals surface area contributed by atoms with Gasteiger partial charge in [-0.1, -0.05) is 65.7 Å². The largest absolute Gasteiger partial charge is 0.319 e. The molecule has 1 aromatic heterocycles. The molecule has 7 heteroatoms. The molecule has 0 aliphatic heterocycles. The molecular formula is C23H18Cl2N4O. The summed E-state index contributed by atoms with van der Waals surface area (Å²) in [6.07, 6.45) is 0. The average molecular weight is 437 g/mol. The Balaban J connectivity index is 1.78. The van der Waals surface area contributed by atoms with E-state index in [-0.39, 0.29) is 11.7 Å². The number of rotatable bonds is 4. The van der Waals surface area contributed by atoms with Gasteiger partial charge in [-0.3, -0.25) is 4.79 Å². The third-order valence-corrected chi connectivity index (χ3v) is 5.58. The monoisotopic (exact) mass is 436 g/mol. The Hall–Kier alpha value is -3.15. The fourth-order valence-corrected chi connectivity index (χ4v) is 3.34. The molecule has 1 N–H and O–H groups in total. The summed E-state index contributed by atoms with van der Waals surface area (Å²) >= 11 is 12.3. The first-order valence-electron chi connectivity index (χ1n) is 9.29. The molecule has 4 rings (SSSR count). The van der Waals surface area contributed by atoms with Gasteiger partial charge in [0.05, 0.1) is 15.7 Å². The molecule has 5 nitrogen and oxygen atoms in total. The summed E-state index contributed by atoms with van der Waals surface area (Å²) in [7, 11) is 0. The van der Waals surface area contributed by atoms with E-state index in [0.717, 1.165) is 22.4 Å². The fourth-order valence-electron chi connectivity index (χ4n) is 3.04. The van der Waals surface area contributed by atoms with Crippen LogP contribution < -0.4 is 5.32 Å². The Morgan fingerprint density at radius 2 is 1.70 bits per heavy atom. The Morgan fingerprint density at radius 3 is 2.43 bits per heavy atom. The molecule has 0 unspecified atom stereocenters. The first-order valence-corrected chi connectivity index (χ1v) is 10.0. The average Bonchev–Trinajstić information content (AvgIpc) is 3.20. The second-order valence-electron chi connectivity index (χ2n) is 6.84. The van der Waals surface area contributed by atoms with Gasteiger partial charge in [-0.15, -0.1) is 5.10 Å². The zero-order chi connectivity index (χ0) is 21.3. The van der Waals surface area contributed by atoms with E-state index < -0.39 is 0 Å². The number of carbonyl (C=O) groups is 1. The molecule has 0 aliphatic rings. The molecule has 0 fully saturated rings. The quantitative estimate of drug-likeness (QED) is 0.419. The molecule has 0 spiro atoms. The normalized spacial score (nSPS) is 10.8. The van der Waals surface area contributed by atoms with Crippen molar-refractivity contribution in [3.05, 3.63) is 93.7 Å². The van der Waals surface area contributed by atoms with E-state index in [1.165, 1.54) is 0 Å². The van der Waals surface area contributed by atoms with Crippen LogP contribution in [-0.4, -0.2) is 20.7 Å². The van der Waals surface area contributed by atoms with Crippen molar-refractivity contribution in [2.45, 2.75) is 13.8 Å². The number of hydrogen-bond acceptors (Lipinski definition) is 3. The van der Waals surface area contributed by atoms with Crippen LogP contribution in [0.2, 0.25) is 10.0 Å². The molecule has 0 aliphatic carbocycles. The van der Waals surface area contributed by atoms with Gasteiger partial charge in [-0.25, -0.2) is 9.67 Å². The second kappa shape index (κ2) is 8.30. The Morgan fingerprint density at radius 1 is 0.933 bits per heavy atom. The maximum Gasteiger partial charge on any atom is 0.295 e.